The first-order valence-corrected chi connectivity index (χ1v) is 10.4. The van der Waals surface area contributed by atoms with Crippen molar-refractivity contribution in [2.45, 2.75) is 16.2 Å². The van der Waals surface area contributed by atoms with E-state index in [2.05, 4.69) is 22.0 Å². The molecule has 0 fully saturated rings. The number of amides is 1. The van der Waals surface area contributed by atoms with Crippen LogP contribution in [0.15, 0.2) is 68.9 Å². The molecular formula is C20H16BrCl2NOS. The second-order valence-electron chi connectivity index (χ2n) is 5.72. The number of carbonyl (C=O) groups excluding carboxylic acids is 1. The molecule has 0 spiro atoms. The van der Waals surface area contributed by atoms with Crippen molar-refractivity contribution in [3.8, 4) is 0 Å². The Balaban J connectivity index is 1.75. The first-order valence-electron chi connectivity index (χ1n) is 8.08. The monoisotopic (exact) mass is 467 g/mol. The van der Waals surface area contributed by atoms with Gasteiger partial charge in [0.25, 0.3) is 0 Å². The number of benzene rings is 2. The Kier molecular flexibility index (Phi) is 6.87. The minimum atomic E-state index is -0.0193. The average molecular weight is 469 g/mol. The fraction of sp³-hybridized carbons (Fsp3) is 0.150. The van der Waals surface area contributed by atoms with Gasteiger partial charge in [0.15, 0.2) is 0 Å². The molecule has 0 unspecified atom stereocenters. The molecule has 0 saturated heterocycles. The molecule has 0 aliphatic carbocycles. The van der Waals surface area contributed by atoms with E-state index in [1.807, 2.05) is 42.5 Å². The molecule has 0 saturated carbocycles. The van der Waals surface area contributed by atoms with E-state index >= 15 is 0 Å². The highest BCUT2D eigenvalue weighted by atomic mass is 79.9. The summed E-state index contributed by atoms with van der Waals surface area (Å²) in [4.78, 5) is 16.0. The summed E-state index contributed by atoms with van der Waals surface area (Å²) in [6.45, 7) is 1.40. The van der Waals surface area contributed by atoms with Gasteiger partial charge in [0.2, 0.25) is 5.91 Å². The van der Waals surface area contributed by atoms with Gasteiger partial charge in [-0.1, -0.05) is 75.2 Å². The van der Waals surface area contributed by atoms with Crippen molar-refractivity contribution in [2.75, 3.05) is 13.1 Å². The number of hydrogen-bond donors (Lipinski definition) is 0. The van der Waals surface area contributed by atoms with Crippen LogP contribution in [0.1, 0.15) is 12.0 Å². The molecule has 1 heterocycles. The Hall–Kier alpha value is -1.20. The Bertz CT molecular complexity index is 882. The van der Waals surface area contributed by atoms with E-state index in [1.54, 1.807) is 28.8 Å². The van der Waals surface area contributed by atoms with Crippen molar-refractivity contribution in [1.29, 1.82) is 0 Å². The fourth-order valence-electron chi connectivity index (χ4n) is 2.52. The summed E-state index contributed by atoms with van der Waals surface area (Å²) in [5, 5.41) is 0.946. The SMILES string of the molecule is O=C(C=Cc1ccc(Sc2cccc(Br)c2)c(Cl)c1Cl)N1CC=CCC1. The van der Waals surface area contributed by atoms with Crippen LogP contribution in [0.25, 0.3) is 6.08 Å². The van der Waals surface area contributed by atoms with Gasteiger partial charge in [-0.25, -0.2) is 0 Å². The molecule has 0 bridgehead atoms. The zero-order valence-corrected chi connectivity index (χ0v) is 17.7. The van der Waals surface area contributed by atoms with Crippen molar-refractivity contribution in [3.63, 3.8) is 0 Å². The fourth-order valence-corrected chi connectivity index (χ4v) is 4.56. The number of nitrogens with zero attached hydrogens (tertiary/aromatic N) is 1. The molecule has 134 valence electrons. The lowest BCUT2D eigenvalue weighted by atomic mass is 10.2. The zero-order chi connectivity index (χ0) is 18.5. The van der Waals surface area contributed by atoms with Gasteiger partial charge in [-0.05, 0) is 42.3 Å². The average Bonchev–Trinajstić information content (AvgIpc) is 2.65. The van der Waals surface area contributed by atoms with Crippen LogP contribution in [0.3, 0.4) is 0 Å². The molecule has 6 heteroatoms. The normalized spacial score (nSPS) is 14.2. The summed E-state index contributed by atoms with van der Waals surface area (Å²) >= 11 is 17.9. The molecule has 2 nitrogen and oxygen atoms in total. The van der Waals surface area contributed by atoms with E-state index in [1.165, 1.54) is 0 Å². The molecule has 1 aliphatic heterocycles. The van der Waals surface area contributed by atoms with Crippen molar-refractivity contribution >= 4 is 62.9 Å². The topological polar surface area (TPSA) is 20.3 Å². The van der Waals surface area contributed by atoms with Crippen LogP contribution in [0.4, 0.5) is 0 Å². The Labute approximate surface area is 176 Å². The van der Waals surface area contributed by atoms with Crippen LogP contribution < -0.4 is 0 Å². The quantitative estimate of drug-likeness (QED) is 0.367. The van der Waals surface area contributed by atoms with Crippen LogP contribution in [-0.2, 0) is 4.79 Å². The Morgan fingerprint density at radius 1 is 1.15 bits per heavy atom. The maximum Gasteiger partial charge on any atom is 0.246 e. The van der Waals surface area contributed by atoms with Gasteiger partial charge in [-0.3, -0.25) is 4.79 Å². The van der Waals surface area contributed by atoms with Crippen LogP contribution >= 0.6 is 50.9 Å². The van der Waals surface area contributed by atoms with Gasteiger partial charge < -0.3 is 4.90 Å². The highest BCUT2D eigenvalue weighted by Gasteiger charge is 2.13. The molecule has 3 rings (SSSR count). The smallest absolute Gasteiger partial charge is 0.246 e. The van der Waals surface area contributed by atoms with E-state index < -0.39 is 0 Å². The predicted molar refractivity (Wildman–Crippen MR) is 114 cm³/mol. The zero-order valence-electron chi connectivity index (χ0n) is 13.8. The van der Waals surface area contributed by atoms with E-state index in [0.29, 0.717) is 16.6 Å². The van der Waals surface area contributed by atoms with Gasteiger partial charge >= 0.3 is 0 Å². The van der Waals surface area contributed by atoms with Crippen molar-refractivity contribution in [2.24, 2.45) is 0 Å². The molecule has 2 aromatic carbocycles. The first-order chi connectivity index (χ1) is 12.5. The number of rotatable bonds is 4. The summed E-state index contributed by atoms with van der Waals surface area (Å²) in [6.07, 6.45) is 8.27. The first kappa shape index (κ1) is 19.6. The number of carbonyl (C=O) groups is 1. The van der Waals surface area contributed by atoms with Crippen LogP contribution in [0.2, 0.25) is 10.0 Å². The molecule has 1 aliphatic rings. The molecule has 26 heavy (non-hydrogen) atoms. The van der Waals surface area contributed by atoms with E-state index in [9.17, 15) is 4.79 Å². The van der Waals surface area contributed by atoms with Crippen LogP contribution in [-0.4, -0.2) is 23.9 Å². The van der Waals surface area contributed by atoms with E-state index in [4.69, 9.17) is 23.2 Å². The van der Waals surface area contributed by atoms with Gasteiger partial charge in [-0.15, -0.1) is 0 Å². The summed E-state index contributed by atoms with van der Waals surface area (Å²) in [7, 11) is 0. The third-order valence-electron chi connectivity index (χ3n) is 3.88. The standard InChI is InChI=1S/C20H16BrCl2NOS/c21-15-5-4-6-16(13-15)26-17-9-7-14(19(22)20(17)23)8-10-18(25)24-11-2-1-3-12-24/h1-2,4-10,13H,3,11-12H2. The lowest BCUT2D eigenvalue weighted by Gasteiger charge is -2.21. The van der Waals surface area contributed by atoms with Crippen LogP contribution in [0, 0.1) is 0 Å². The maximum absolute atomic E-state index is 12.2. The molecule has 0 atom stereocenters. The van der Waals surface area contributed by atoms with Crippen molar-refractivity contribution in [1.82, 2.24) is 4.90 Å². The van der Waals surface area contributed by atoms with Gasteiger partial charge in [-0.2, -0.15) is 0 Å². The van der Waals surface area contributed by atoms with E-state index in [0.717, 1.165) is 32.8 Å². The summed E-state index contributed by atoms with van der Waals surface area (Å²) in [5.41, 5.74) is 0.733. The predicted octanol–water partition coefficient (Wildman–Crippen LogP) is 6.71. The highest BCUT2D eigenvalue weighted by Crippen LogP contribution is 2.39. The minimum Gasteiger partial charge on any atom is -0.335 e. The number of hydrogen-bond acceptors (Lipinski definition) is 2. The Morgan fingerprint density at radius 3 is 2.73 bits per heavy atom. The second kappa shape index (κ2) is 9.14. The molecule has 0 aromatic heterocycles. The third kappa shape index (κ3) is 4.95. The minimum absolute atomic E-state index is 0.0193. The lowest BCUT2D eigenvalue weighted by molar-refractivity contribution is -0.125. The van der Waals surface area contributed by atoms with Gasteiger partial charge in [0, 0.05) is 33.4 Å². The largest absolute Gasteiger partial charge is 0.335 e. The van der Waals surface area contributed by atoms with Gasteiger partial charge in [0.05, 0.1) is 10.0 Å². The molecule has 2 aromatic rings. The molecule has 1 amide bonds. The highest BCUT2D eigenvalue weighted by molar-refractivity contribution is 9.10. The van der Waals surface area contributed by atoms with Crippen molar-refractivity contribution < 1.29 is 4.79 Å². The lowest BCUT2D eigenvalue weighted by Crippen LogP contribution is -2.32. The second-order valence-corrected chi connectivity index (χ2v) is 8.50. The molecule has 0 N–H and O–H groups in total. The summed E-state index contributed by atoms with van der Waals surface area (Å²) in [5.74, 6) is -0.0193. The Morgan fingerprint density at radius 2 is 2.00 bits per heavy atom. The third-order valence-corrected chi connectivity index (χ3v) is 6.43. The molecular weight excluding hydrogens is 453 g/mol. The maximum atomic E-state index is 12.2. The van der Waals surface area contributed by atoms with Crippen molar-refractivity contribution in [3.05, 3.63) is 74.7 Å². The number of halogens is 3. The van der Waals surface area contributed by atoms with Crippen LogP contribution in [0.5, 0.6) is 0 Å². The molecule has 0 radical (unpaired) electrons. The summed E-state index contributed by atoms with van der Waals surface area (Å²) in [6, 6.07) is 11.8. The summed E-state index contributed by atoms with van der Waals surface area (Å²) < 4.78 is 1.01. The van der Waals surface area contributed by atoms with E-state index in [-0.39, 0.29) is 5.91 Å². The van der Waals surface area contributed by atoms with Gasteiger partial charge in [0.1, 0.15) is 0 Å².